The molecule has 0 amide bonds. The quantitative estimate of drug-likeness (QED) is 0.523. The van der Waals surface area contributed by atoms with E-state index in [1.807, 2.05) is 12.1 Å². The number of para-hydroxylation sites is 1. The Bertz CT molecular complexity index is 1070. The third kappa shape index (κ3) is 5.22. The average molecular weight is 452 g/mol. The van der Waals surface area contributed by atoms with Crippen molar-refractivity contribution in [3.63, 3.8) is 0 Å². The monoisotopic (exact) mass is 451 g/mol. The van der Waals surface area contributed by atoms with Crippen molar-refractivity contribution in [1.29, 1.82) is 5.26 Å². The Labute approximate surface area is 191 Å². The number of anilines is 1. The minimum Gasteiger partial charge on any atom is -0.491 e. The number of aliphatic hydroxyl groups is 1. The Morgan fingerprint density at radius 3 is 2.62 bits per heavy atom. The highest BCUT2D eigenvalue weighted by atomic mass is 32.2. The van der Waals surface area contributed by atoms with Crippen molar-refractivity contribution in [1.82, 2.24) is 14.8 Å². The summed E-state index contributed by atoms with van der Waals surface area (Å²) in [5.74, 6) is 1.81. The van der Waals surface area contributed by atoms with Crippen LogP contribution in [0.1, 0.15) is 11.1 Å². The van der Waals surface area contributed by atoms with E-state index in [1.54, 1.807) is 24.3 Å². The van der Waals surface area contributed by atoms with E-state index in [2.05, 4.69) is 44.8 Å². The molecule has 1 saturated heterocycles. The molecule has 0 saturated carbocycles. The molecule has 0 unspecified atom stereocenters. The first kappa shape index (κ1) is 22.1. The number of morpholine rings is 1. The van der Waals surface area contributed by atoms with Crippen LogP contribution < -0.4 is 9.64 Å². The van der Waals surface area contributed by atoms with Crippen molar-refractivity contribution in [2.45, 2.75) is 18.2 Å². The summed E-state index contributed by atoms with van der Waals surface area (Å²) in [7, 11) is 0. The first-order chi connectivity index (χ1) is 15.7. The van der Waals surface area contributed by atoms with E-state index in [4.69, 9.17) is 14.7 Å². The van der Waals surface area contributed by atoms with Gasteiger partial charge in [-0.2, -0.15) is 5.26 Å². The number of ether oxygens (including phenoxy) is 2. The fraction of sp³-hybridized carbons (Fsp3) is 0.348. The van der Waals surface area contributed by atoms with Crippen molar-refractivity contribution in [3.05, 3.63) is 59.7 Å². The minimum atomic E-state index is -0.690. The van der Waals surface area contributed by atoms with Crippen LogP contribution in [-0.4, -0.2) is 64.6 Å². The molecule has 1 aliphatic heterocycles. The van der Waals surface area contributed by atoms with Crippen LogP contribution in [0.5, 0.6) is 5.75 Å². The zero-order valence-corrected chi connectivity index (χ0v) is 18.7. The summed E-state index contributed by atoms with van der Waals surface area (Å²) < 4.78 is 13.2. The number of thioether (sulfide) groups is 1. The molecular formula is C23H25N5O3S. The van der Waals surface area contributed by atoms with Gasteiger partial charge in [0.15, 0.2) is 5.16 Å². The van der Waals surface area contributed by atoms with E-state index in [-0.39, 0.29) is 6.61 Å². The molecule has 1 N–H and O–H groups in total. The normalized spacial score (nSPS) is 14.7. The lowest BCUT2D eigenvalue weighted by atomic mass is 10.2. The number of nitriles is 1. The molecule has 0 spiro atoms. The van der Waals surface area contributed by atoms with Crippen molar-refractivity contribution in [2.75, 3.05) is 43.6 Å². The van der Waals surface area contributed by atoms with E-state index < -0.39 is 6.10 Å². The lowest BCUT2D eigenvalue weighted by Gasteiger charge is -2.28. The third-order valence-electron chi connectivity index (χ3n) is 5.10. The van der Waals surface area contributed by atoms with Crippen LogP contribution in [0.4, 0.5) is 5.95 Å². The van der Waals surface area contributed by atoms with Gasteiger partial charge in [-0.15, -0.1) is 10.2 Å². The number of aromatic nitrogens is 3. The molecule has 2 aromatic carbocycles. The summed E-state index contributed by atoms with van der Waals surface area (Å²) in [6.45, 7) is 5.05. The predicted molar refractivity (Wildman–Crippen MR) is 123 cm³/mol. The lowest BCUT2D eigenvalue weighted by molar-refractivity contribution is 0.122. The fourth-order valence-corrected chi connectivity index (χ4v) is 4.23. The van der Waals surface area contributed by atoms with Gasteiger partial charge in [0.05, 0.1) is 36.6 Å². The summed E-state index contributed by atoms with van der Waals surface area (Å²) >= 11 is 1.44. The van der Waals surface area contributed by atoms with Crippen molar-refractivity contribution in [3.8, 4) is 17.5 Å². The molecule has 9 heteroatoms. The van der Waals surface area contributed by atoms with E-state index in [0.29, 0.717) is 30.3 Å². The SMILES string of the molecule is Cc1ccccc1-n1c(SC[C@@H](O)COc2ccc(C#N)cc2)nnc1N1CCOCC1. The van der Waals surface area contributed by atoms with Gasteiger partial charge in [-0.25, -0.2) is 0 Å². The second-order valence-corrected chi connectivity index (χ2v) is 8.40. The molecular weight excluding hydrogens is 426 g/mol. The maximum absolute atomic E-state index is 10.5. The van der Waals surface area contributed by atoms with Crippen LogP contribution in [-0.2, 0) is 4.74 Å². The summed E-state index contributed by atoms with van der Waals surface area (Å²) in [5, 5.41) is 29.0. The van der Waals surface area contributed by atoms with Crippen LogP contribution in [0.25, 0.3) is 5.69 Å². The highest BCUT2D eigenvalue weighted by molar-refractivity contribution is 7.99. The van der Waals surface area contributed by atoms with E-state index in [1.165, 1.54) is 11.8 Å². The molecule has 1 atom stereocenters. The second kappa shape index (κ2) is 10.5. The van der Waals surface area contributed by atoms with Crippen LogP contribution in [0.15, 0.2) is 53.7 Å². The van der Waals surface area contributed by atoms with Crippen LogP contribution in [0, 0.1) is 18.3 Å². The van der Waals surface area contributed by atoms with E-state index >= 15 is 0 Å². The molecule has 3 aromatic rings. The number of rotatable bonds is 8. The first-order valence-corrected chi connectivity index (χ1v) is 11.4. The van der Waals surface area contributed by atoms with E-state index in [0.717, 1.165) is 35.4 Å². The molecule has 32 heavy (non-hydrogen) atoms. The largest absolute Gasteiger partial charge is 0.491 e. The Balaban J connectivity index is 1.46. The van der Waals surface area contributed by atoms with Gasteiger partial charge < -0.3 is 19.5 Å². The van der Waals surface area contributed by atoms with Crippen LogP contribution >= 0.6 is 11.8 Å². The Morgan fingerprint density at radius 2 is 1.91 bits per heavy atom. The molecule has 0 bridgehead atoms. The van der Waals surface area contributed by atoms with Gasteiger partial charge in [-0.05, 0) is 42.8 Å². The Morgan fingerprint density at radius 1 is 1.16 bits per heavy atom. The van der Waals surface area contributed by atoms with Crippen molar-refractivity contribution >= 4 is 17.7 Å². The topological polar surface area (TPSA) is 96.4 Å². The van der Waals surface area contributed by atoms with Gasteiger partial charge in [0, 0.05) is 18.8 Å². The van der Waals surface area contributed by atoms with E-state index in [9.17, 15) is 5.11 Å². The number of nitrogens with zero attached hydrogens (tertiary/aromatic N) is 5. The Hall–Kier alpha value is -3.06. The molecule has 1 fully saturated rings. The third-order valence-corrected chi connectivity index (χ3v) is 6.17. The summed E-state index contributed by atoms with van der Waals surface area (Å²) in [6, 6.07) is 17.0. The molecule has 166 valence electrons. The minimum absolute atomic E-state index is 0.147. The van der Waals surface area contributed by atoms with Gasteiger partial charge in [-0.1, -0.05) is 30.0 Å². The fourth-order valence-electron chi connectivity index (χ4n) is 3.39. The number of aliphatic hydroxyl groups excluding tert-OH is 1. The van der Waals surface area contributed by atoms with Gasteiger partial charge in [0.2, 0.25) is 5.95 Å². The smallest absolute Gasteiger partial charge is 0.232 e. The Kier molecular flexibility index (Phi) is 7.27. The zero-order valence-electron chi connectivity index (χ0n) is 17.8. The molecule has 1 aliphatic rings. The molecule has 0 radical (unpaired) electrons. The second-order valence-electron chi connectivity index (χ2n) is 7.42. The van der Waals surface area contributed by atoms with Crippen LogP contribution in [0.2, 0.25) is 0 Å². The number of hydrogen-bond donors (Lipinski definition) is 1. The highest BCUT2D eigenvalue weighted by Crippen LogP contribution is 2.29. The zero-order chi connectivity index (χ0) is 22.3. The molecule has 4 rings (SSSR count). The van der Waals surface area contributed by atoms with Gasteiger partial charge in [0.25, 0.3) is 0 Å². The lowest BCUT2D eigenvalue weighted by Crippen LogP contribution is -2.38. The number of aryl methyl sites for hydroxylation is 1. The molecule has 8 nitrogen and oxygen atoms in total. The standard InChI is InChI=1S/C23H25N5O3S/c1-17-4-2-3-5-21(17)28-22(27-10-12-30-13-11-27)25-26-23(28)32-16-19(29)15-31-20-8-6-18(14-24)7-9-20/h2-9,19,29H,10-13,15-16H2,1H3/t19-/m0/s1. The molecule has 0 aliphatic carbocycles. The maximum Gasteiger partial charge on any atom is 0.232 e. The van der Waals surface area contributed by atoms with Crippen molar-refractivity contribution in [2.24, 2.45) is 0 Å². The first-order valence-electron chi connectivity index (χ1n) is 10.4. The van der Waals surface area contributed by atoms with Crippen LogP contribution in [0.3, 0.4) is 0 Å². The number of hydrogen-bond acceptors (Lipinski definition) is 8. The summed E-state index contributed by atoms with van der Waals surface area (Å²) in [5.41, 5.74) is 2.71. The summed E-state index contributed by atoms with van der Waals surface area (Å²) in [6.07, 6.45) is -0.690. The number of benzene rings is 2. The average Bonchev–Trinajstić information content (AvgIpc) is 3.26. The molecule has 1 aromatic heterocycles. The molecule has 2 heterocycles. The van der Waals surface area contributed by atoms with Gasteiger partial charge in [0.1, 0.15) is 12.4 Å². The highest BCUT2D eigenvalue weighted by Gasteiger charge is 2.23. The summed E-state index contributed by atoms with van der Waals surface area (Å²) in [4.78, 5) is 2.18. The van der Waals surface area contributed by atoms with Crippen molar-refractivity contribution < 1.29 is 14.6 Å². The van der Waals surface area contributed by atoms with Gasteiger partial charge >= 0.3 is 0 Å². The maximum atomic E-state index is 10.5. The van der Waals surface area contributed by atoms with Gasteiger partial charge in [-0.3, -0.25) is 4.57 Å². The predicted octanol–water partition coefficient (Wildman–Crippen LogP) is 2.82.